The van der Waals surface area contributed by atoms with Crippen molar-refractivity contribution in [3.8, 4) is 5.75 Å². The normalized spacial score (nSPS) is 21.5. The second-order valence-electron chi connectivity index (χ2n) is 4.45. The number of sulfone groups is 1. The first-order valence-corrected chi connectivity index (χ1v) is 6.29. The Balaban J connectivity index is 2.66. The molecule has 0 aliphatic carbocycles. The van der Waals surface area contributed by atoms with Gasteiger partial charge in [-0.25, -0.2) is 8.42 Å². The van der Waals surface area contributed by atoms with Crippen molar-refractivity contribution in [2.45, 2.75) is 24.3 Å². The summed E-state index contributed by atoms with van der Waals surface area (Å²) in [5.74, 6) is 0.131. The Hall–Kier alpha value is -1.23. The highest BCUT2D eigenvalue weighted by atomic mass is 32.2. The van der Waals surface area contributed by atoms with E-state index in [4.69, 9.17) is 0 Å². The summed E-state index contributed by atoms with van der Waals surface area (Å²) in [4.78, 5) is 0.264. The maximum atomic E-state index is 11.9. The number of benzene rings is 1. The van der Waals surface area contributed by atoms with E-state index in [1.807, 2.05) is 13.8 Å². The number of nitrogens with one attached hydrogen (secondary N) is 1. The van der Waals surface area contributed by atoms with Crippen LogP contribution >= 0.6 is 0 Å². The third-order valence-corrected chi connectivity index (χ3v) is 4.45. The van der Waals surface area contributed by atoms with E-state index in [2.05, 4.69) is 5.32 Å². The predicted octanol–water partition coefficient (Wildman–Crippen LogP) is 1.37. The zero-order valence-electron chi connectivity index (χ0n) is 8.61. The van der Waals surface area contributed by atoms with Crippen molar-refractivity contribution >= 4 is 15.5 Å². The summed E-state index contributed by atoms with van der Waals surface area (Å²) in [6.45, 7) is 3.63. The molecule has 5 heteroatoms. The Kier molecular flexibility index (Phi) is 1.98. The summed E-state index contributed by atoms with van der Waals surface area (Å²) in [5, 5.41) is 12.4. The van der Waals surface area contributed by atoms with Gasteiger partial charge in [-0.1, -0.05) is 0 Å². The van der Waals surface area contributed by atoms with E-state index in [1.165, 1.54) is 18.2 Å². The van der Waals surface area contributed by atoms with Crippen molar-refractivity contribution in [3.63, 3.8) is 0 Å². The summed E-state index contributed by atoms with van der Waals surface area (Å²) in [6.07, 6.45) is 0. The quantitative estimate of drug-likeness (QED) is 0.702. The molecule has 1 aromatic rings. The van der Waals surface area contributed by atoms with Gasteiger partial charge in [0, 0.05) is 11.6 Å². The lowest BCUT2D eigenvalue weighted by Crippen LogP contribution is -2.42. The molecule has 0 radical (unpaired) electrons. The number of rotatable bonds is 0. The van der Waals surface area contributed by atoms with Crippen LogP contribution in [-0.2, 0) is 9.84 Å². The fourth-order valence-corrected chi connectivity index (χ4v) is 3.74. The van der Waals surface area contributed by atoms with E-state index in [-0.39, 0.29) is 16.4 Å². The number of aromatic hydroxyl groups is 1. The largest absolute Gasteiger partial charge is 0.508 e. The van der Waals surface area contributed by atoms with Crippen LogP contribution in [0, 0.1) is 0 Å². The van der Waals surface area contributed by atoms with Gasteiger partial charge in [0.15, 0.2) is 9.84 Å². The fourth-order valence-electron chi connectivity index (χ4n) is 1.84. The Bertz CT molecular complexity index is 505. The molecule has 0 spiro atoms. The molecule has 1 heterocycles. The minimum Gasteiger partial charge on any atom is -0.508 e. The highest BCUT2D eigenvalue weighted by molar-refractivity contribution is 7.91. The smallest absolute Gasteiger partial charge is 0.182 e. The maximum Gasteiger partial charge on any atom is 0.182 e. The number of phenols is 1. The third kappa shape index (κ3) is 1.79. The van der Waals surface area contributed by atoms with Crippen LogP contribution in [0.3, 0.4) is 0 Å². The third-order valence-electron chi connectivity index (χ3n) is 2.32. The van der Waals surface area contributed by atoms with Crippen LogP contribution in [-0.4, -0.2) is 24.8 Å². The van der Waals surface area contributed by atoms with Crippen molar-refractivity contribution in [3.05, 3.63) is 18.2 Å². The van der Waals surface area contributed by atoms with Crippen LogP contribution in [0.25, 0.3) is 0 Å². The molecule has 0 atom stereocenters. The Morgan fingerprint density at radius 1 is 1.40 bits per heavy atom. The van der Waals surface area contributed by atoms with E-state index in [1.54, 1.807) is 0 Å². The molecule has 82 valence electrons. The minimum absolute atomic E-state index is 0.0640. The fraction of sp³-hybridized carbons (Fsp3) is 0.400. The van der Waals surface area contributed by atoms with Crippen molar-refractivity contribution in [1.29, 1.82) is 0 Å². The second kappa shape index (κ2) is 2.88. The van der Waals surface area contributed by atoms with Crippen LogP contribution in [0.5, 0.6) is 5.75 Å². The molecule has 1 aliphatic heterocycles. The first kappa shape index (κ1) is 10.3. The predicted molar refractivity (Wildman–Crippen MR) is 57.9 cm³/mol. The standard InChI is InChI=1S/C10H13NO3S/c1-10(2)6-15(13,14)9-4-3-7(12)5-8(9)11-10/h3-5,11-12H,6H2,1-2H3. The van der Waals surface area contributed by atoms with Gasteiger partial charge in [0.05, 0.1) is 16.3 Å². The molecule has 0 amide bonds. The number of fused-ring (bicyclic) bond motifs is 1. The lowest BCUT2D eigenvalue weighted by Gasteiger charge is -2.33. The van der Waals surface area contributed by atoms with Gasteiger partial charge >= 0.3 is 0 Å². The van der Waals surface area contributed by atoms with Crippen molar-refractivity contribution in [2.75, 3.05) is 11.1 Å². The lowest BCUT2D eigenvalue weighted by molar-refractivity contribution is 0.474. The second-order valence-corrected chi connectivity index (χ2v) is 6.41. The molecule has 0 fully saturated rings. The molecule has 15 heavy (non-hydrogen) atoms. The number of anilines is 1. The Morgan fingerprint density at radius 2 is 2.07 bits per heavy atom. The molecule has 2 rings (SSSR count). The van der Waals surface area contributed by atoms with Crippen molar-refractivity contribution in [1.82, 2.24) is 0 Å². The van der Waals surface area contributed by atoms with Crippen LogP contribution < -0.4 is 5.32 Å². The maximum absolute atomic E-state index is 11.9. The molecule has 0 aromatic heterocycles. The van der Waals surface area contributed by atoms with E-state index < -0.39 is 15.4 Å². The molecule has 0 unspecified atom stereocenters. The number of phenolic OH excluding ortho intramolecular Hbond substituents is 1. The zero-order valence-corrected chi connectivity index (χ0v) is 9.43. The van der Waals surface area contributed by atoms with Gasteiger partial charge in [-0.05, 0) is 26.0 Å². The van der Waals surface area contributed by atoms with Gasteiger partial charge in [-0.2, -0.15) is 0 Å². The number of hydrogen-bond donors (Lipinski definition) is 2. The molecule has 1 aliphatic rings. The molecule has 0 bridgehead atoms. The van der Waals surface area contributed by atoms with Crippen LogP contribution in [0.15, 0.2) is 23.1 Å². The topological polar surface area (TPSA) is 66.4 Å². The highest BCUT2D eigenvalue weighted by Gasteiger charge is 2.34. The summed E-state index contributed by atoms with van der Waals surface area (Å²) < 4.78 is 23.8. The monoisotopic (exact) mass is 227 g/mol. The number of hydrogen-bond acceptors (Lipinski definition) is 4. The SMILES string of the molecule is CC1(C)CS(=O)(=O)c2ccc(O)cc2N1. The molecule has 0 saturated heterocycles. The van der Waals surface area contributed by atoms with E-state index in [9.17, 15) is 13.5 Å². The van der Waals surface area contributed by atoms with Crippen molar-refractivity contribution in [2.24, 2.45) is 0 Å². The lowest BCUT2D eigenvalue weighted by atomic mass is 10.1. The minimum atomic E-state index is -3.24. The van der Waals surface area contributed by atoms with Gasteiger partial charge in [-0.3, -0.25) is 0 Å². The molecule has 1 aromatic carbocycles. The average molecular weight is 227 g/mol. The Morgan fingerprint density at radius 3 is 2.73 bits per heavy atom. The van der Waals surface area contributed by atoms with Crippen molar-refractivity contribution < 1.29 is 13.5 Å². The van der Waals surface area contributed by atoms with E-state index >= 15 is 0 Å². The van der Waals surface area contributed by atoms with Gasteiger partial charge in [-0.15, -0.1) is 0 Å². The Labute approximate surface area is 88.9 Å². The first-order valence-electron chi connectivity index (χ1n) is 4.64. The molecular weight excluding hydrogens is 214 g/mol. The summed E-state index contributed by atoms with van der Waals surface area (Å²) in [6, 6.07) is 4.26. The average Bonchev–Trinajstić information content (AvgIpc) is 1.97. The summed E-state index contributed by atoms with van der Waals surface area (Å²) >= 11 is 0. The molecular formula is C10H13NO3S. The van der Waals surface area contributed by atoms with Crippen LogP contribution in [0.4, 0.5) is 5.69 Å². The first-order chi connectivity index (χ1) is 6.80. The molecule has 4 nitrogen and oxygen atoms in total. The van der Waals surface area contributed by atoms with Gasteiger partial charge in [0.2, 0.25) is 0 Å². The van der Waals surface area contributed by atoms with Gasteiger partial charge in [0.1, 0.15) is 5.75 Å². The van der Waals surface area contributed by atoms with Gasteiger partial charge in [0.25, 0.3) is 0 Å². The molecule has 2 N–H and O–H groups in total. The summed E-state index contributed by atoms with van der Waals surface area (Å²) in [5.41, 5.74) is -0.0224. The van der Waals surface area contributed by atoms with Crippen LogP contribution in [0.2, 0.25) is 0 Å². The summed E-state index contributed by atoms with van der Waals surface area (Å²) in [7, 11) is -3.24. The van der Waals surface area contributed by atoms with Crippen LogP contribution in [0.1, 0.15) is 13.8 Å². The highest BCUT2D eigenvalue weighted by Crippen LogP contribution is 2.34. The molecule has 0 saturated carbocycles. The van der Waals surface area contributed by atoms with E-state index in [0.29, 0.717) is 5.69 Å². The van der Waals surface area contributed by atoms with Gasteiger partial charge < -0.3 is 10.4 Å². The van der Waals surface area contributed by atoms with E-state index in [0.717, 1.165) is 0 Å². The zero-order chi connectivity index (χ0) is 11.3.